The Hall–Kier alpha value is -1.77. The van der Waals surface area contributed by atoms with Gasteiger partial charge in [0.25, 0.3) is 0 Å². The maximum absolute atomic E-state index is 13.4. The Morgan fingerprint density at radius 3 is 2.78 bits per heavy atom. The number of aryl methyl sites for hydroxylation is 4. The lowest BCUT2D eigenvalue weighted by Crippen LogP contribution is -2.00. The zero-order valence-corrected chi connectivity index (χ0v) is 10.8. The Labute approximate surface area is 107 Å². The molecule has 0 radical (unpaired) electrons. The van der Waals surface area contributed by atoms with Crippen molar-refractivity contribution in [1.82, 2.24) is 9.97 Å². The zero-order chi connectivity index (χ0) is 13.0. The molecule has 18 heavy (non-hydrogen) atoms. The van der Waals surface area contributed by atoms with Gasteiger partial charge in [-0.25, -0.2) is 14.4 Å². The lowest BCUT2D eigenvalue weighted by Gasteiger charge is -2.04. The van der Waals surface area contributed by atoms with Crippen LogP contribution in [0.5, 0.6) is 0 Å². The van der Waals surface area contributed by atoms with Crippen LogP contribution in [0.15, 0.2) is 30.5 Å². The molecule has 0 spiro atoms. The molecule has 2 nitrogen and oxygen atoms in total. The predicted molar refractivity (Wildman–Crippen MR) is 69.9 cm³/mol. The first-order valence-corrected chi connectivity index (χ1v) is 6.19. The van der Waals surface area contributed by atoms with E-state index in [1.165, 1.54) is 17.3 Å². The summed E-state index contributed by atoms with van der Waals surface area (Å²) in [6.07, 6.45) is 3.76. The summed E-state index contributed by atoms with van der Waals surface area (Å²) < 4.78 is 13.4. The van der Waals surface area contributed by atoms with Crippen molar-refractivity contribution < 1.29 is 4.39 Å². The molecule has 0 amide bonds. The molecule has 2 rings (SSSR count). The fraction of sp³-hybridized carbons (Fsp3) is 0.333. The van der Waals surface area contributed by atoms with Crippen molar-refractivity contribution in [2.45, 2.75) is 33.1 Å². The molecule has 0 aliphatic carbocycles. The van der Waals surface area contributed by atoms with Gasteiger partial charge in [0.1, 0.15) is 5.82 Å². The minimum Gasteiger partial charge on any atom is -0.239 e. The van der Waals surface area contributed by atoms with Crippen LogP contribution >= 0.6 is 0 Å². The van der Waals surface area contributed by atoms with Crippen molar-refractivity contribution in [3.8, 4) is 0 Å². The second-order valence-corrected chi connectivity index (χ2v) is 4.55. The molecular formula is C15H17FN2. The lowest BCUT2D eigenvalue weighted by molar-refractivity contribution is 0.581. The van der Waals surface area contributed by atoms with Crippen LogP contribution in [0.4, 0.5) is 4.39 Å². The summed E-state index contributed by atoms with van der Waals surface area (Å²) in [6, 6.07) is 8.41. The molecule has 94 valence electrons. The molecule has 1 aromatic heterocycles. The van der Waals surface area contributed by atoms with E-state index in [2.05, 4.69) is 41.2 Å². The molecule has 0 saturated heterocycles. The molecule has 0 saturated carbocycles. The molecule has 0 unspecified atom stereocenters. The van der Waals surface area contributed by atoms with Crippen LogP contribution in [0.1, 0.15) is 29.1 Å². The molecule has 0 aliphatic heterocycles. The van der Waals surface area contributed by atoms with Crippen LogP contribution < -0.4 is 0 Å². The Kier molecular flexibility index (Phi) is 4.03. The van der Waals surface area contributed by atoms with Crippen molar-refractivity contribution in [2.24, 2.45) is 0 Å². The van der Waals surface area contributed by atoms with Crippen LogP contribution in [-0.2, 0) is 12.8 Å². The summed E-state index contributed by atoms with van der Waals surface area (Å²) >= 11 is 0. The van der Waals surface area contributed by atoms with Crippen LogP contribution in [0.2, 0.25) is 0 Å². The summed E-state index contributed by atoms with van der Waals surface area (Å²) in [4.78, 5) is 7.97. The van der Waals surface area contributed by atoms with Crippen LogP contribution in [0.3, 0.4) is 0 Å². The van der Waals surface area contributed by atoms with E-state index < -0.39 is 0 Å². The van der Waals surface area contributed by atoms with Crippen LogP contribution in [0.25, 0.3) is 0 Å². The molecule has 0 aliphatic rings. The highest BCUT2D eigenvalue weighted by atomic mass is 19.1. The first-order chi connectivity index (χ1) is 8.65. The number of nitrogens with zero attached hydrogens (tertiary/aromatic N) is 2. The van der Waals surface area contributed by atoms with Gasteiger partial charge in [-0.05, 0) is 38.7 Å². The summed E-state index contributed by atoms with van der Waals surface area (Å²) in [7, 11) is 0. The van der Waals surface area contributed by atoms with Gasteiger partial charge in [-0.2, -0.15) is 0 Å². The van der Waals surface area contributed by atoms with Crippen molar-refractivity contribution in [3.05, 3.63) is 58.9 Å². The largest absolute Gasteiger partial charge is 0.239 e. The van der Waals surface area contributed by atoms with E-state index in [4.69, 9.17) is 0 Å². The van der Waals surface area contributed by atoms with Gasteiger partial charge >= 0.3 is 0 Å². The fourth-order valence-corrected chi connectivity index (χ4v) is 2.01. The number of halogens is 1. The Bertz CT molecular complexity index is 538. The molecule has 1 heterocycles. The number of benzene rings is 1. The molecule has 0 atom stereocenters. The summed E-state index contributed by atoms with van der Waals surface area (Å²) in [5.41, 5.74) is 3.08. The minimum absolute atomic E-state index is 0.301. The third-order valence-electron chi connectivity index (χ3n) is 2.90. The molecule has 3 heteroatoms. The third-order valence-corrected chi connectivity index (χ3v) is 2.90. The highest BCUT2D eigenvalue weighted by molar-refractivity contribution is 5.22. The second kappa shape index (κ2) is 5.71. The van der Waals surface area contributed by atoms with E-state index in [-0.39, 0.29) is 5.82 Å². The summed E-state index contributed by atoms with van der Waals surface area (Å²) in [6.45, 7) is 3.86. The maximum atomic E-state index is 13.4. The fourth-order valence-electron chi connectivity index (χ4n) is 2.01. The smallest absolute Gasteiger partial charge is 0.162 e. The normalized spacial score (nSPS) is 10.6. The van der Waals surface area contributed by atoms with Gasteiger partial charge in [0.15, 0.2) is 5.82 Å². The van der Waals surface area contributed by atoms with Crippen molar-refractivity contribution in [2.75, 3.05) is 0 Å². The van der Waals surface area contributed by atoms with Gasteiger partial charge in [0.05, 0.1) is 11.9 Å². The SMILES string of the molecule is Cc1cccc(CCCc2nc(C)ncc2F)c1. The zero-order valence-electron chi connectivity index (χ0n) is 10.8. The molecule has 0 fully saturated rings. The average molecular weight is 244 g/mol. The topological polar surface area (TPSA) is 25.8 Å². The van der Waals surface area contributed by atoms with Crippen molar-refractivity contribution in [3.63, 3.8) is 0 Å². The highest BCUT2D eigenvalue weighted by Crippen LogP contribution is 2.11. The van der Waals surface area contributed by atoms with E-state index >= 15 is 0 Å². The van der Waals surface area contributed by atoms with E-state index in [1.54, 1.807) is 6.92 Å². The second-order valence-electron chi connectivity index (χ2n) is 4.55. The Balaban J connectivity index is 1.94. The minimum atomic E-state index is -0.301. The van der Waals surface area contributed by atoms with E-state index in [9.17, 15) is 4.39 Å². The quantitative estimate of drug-likeness (QED) is 0.823. The van der Waals surface area contributed by atoms with E-state index in [1.807, 2.05) is 0 Å². The number of hydrogen-bond acceptors (Lipinski definition) is 2. The molecule has 0 N–H and O–H groups in total. The monoisotopic (exact) mass is 244 g/mol. The first-order valence-electron chi connectivity index (χ1n) is 6.19. The van der Waals surface area contributed by atoms with E-state index in [0.717, 1.165) is 12.8 Å². The molecule has 2 aromatic rings. The lowest BCUT2D eigenvalue weighted by atomic mass is 10.0. The van der Waals surface area contributed by atoms with Crippen LogP contribution in [-0.4, -0.2) is 9.97 Å². The first kappa shape index (κ1) is 12.7. The highest BCUT2D eigenvalue weighted by Gasteiger charge is 2.05. The Morgan fingerprint density at radius 1 is 1.17 bits per heavy atom. The standard InChI is InChI=1S/C15H17FN2/c1-11-5-3-6-13(9-11)7-4-8-15-14(16)10-17-12(2)18-15/h3,5-6,9-10H,4,7-8H2,1-2H3. The van der Waals surface area contributed by atoms with Gasteiger partial charge in [0.2, 0.25) is 0 Å². The van der Waals surface area contributed by atoms with Gasteiger partial charge in [-0.15, -0.1) is 0 Å². The van der Waals surface area contributed by atoms with Gasteiger partial charge < -0.3 is 0 Å². The van der Waals surface area contributed by atoms with Crippen LogP contribution in [0, 0.1) is 19.7 Å². The number of rotatable bonds is 4. The predicted octanol–water partition coefficient (Wildman–Crippen LogP) is 3.41. The van der Waals surface area contributed by atoms with Crippen molar-refractivity contribution >= 4 is 0 Å². The Morgan fingerprint density at radius 2 is 2.00 bits per heavy atom. The summed E-state index contributed by atoms with van der Waals surface area (Å²) in [5, 5.41) is 0. The van der Waals surface area contributed by atoms with Crippen molar-refractivity contribution in [1.29, 1.82) is 0 Å². The average Bonchev–Trinajstić information content (AvgIpc) is 2.34. The number of aromatic nitrogens is 2. The van der Waals surface area contributed by atoms with E-state index in [0.29, 0.717) is 17.9 Å². The van der Waals surface area contributed by atoms with Gasteiger partial charge in [-0.1, -0.05) is 29.8 Å². The molecule has 1 aromatic carbocycles. The van der Waals surface area contributed by atoms with Gasteiger partial charge in [0, 0.05) is 0 Å². The number of hydrogen-bond donors (Lipinski definition) is 0. The van der Waals surface area contributed by atoms with Gasteiger partial charge in [-0.3, -0.25) is 0 Å². The molecular weight excluding hydrogens is 227 g/mol. The summed E-state index contributed by atoms with van der Waals surface area (Å²) in [5.74, 6) is 0.326. The molecule has 0 bridgehead atoms. The third kappa shape index (κ3) is 3.36. The maximum Gasteiger partial charge on any atom is 0.162 e.